The van der Waals surface area contributed by atoms with Gasteiger partial charge in [-0.05, 0) is 39.9 Å². The van der Waals surface area contributed by atoms with Gasteiger partial charge >= 0.3 is 5.97 Å². The zero-order valence-electron chi connectivity index (χ0n) is 12.6. The Kier molecular flexibility index (Phi) is 21.8. The number of carboxylic acid groups (broad SMARTS) is 1. The number of rotatable bonds is 12. The lowest BCUT2D eigenvalue weighted by atomic mass is 10.3. The third kappa shape index (κ3) is 26.9. The molecule has 0 heterocycles. The quantitative estimate of drug-likeness (QED) is 0.292. The minimum absolute atomic E-state index is 0.259. The van der Waals surface area contributed by atoms with Gasteiger partial charge in [0.25, 0.3) is 0 Å². The van der Waals surface area contributed by atoms with Gasteiger partial charge in [0.1, 0.15) is 0 Å². The van der Waals surface area contributed by atoms with Crippen LogP contribution in [0.1, 0.15) is 33.1 Å². The molecule has 7 heteroatoms. The van der Waals surface area contributed by atoms with E-state index in [1.54, 1.807) is 0 Å². The lowest BCUT2D eigenvalue weighted by Crippen LogP contribution is -2.28. The average Bonchev–Trinajstić information content (AvgIpc) is 2.40. The molecule has 0 fully saturated rings. The molecule has 0 saturated heterocycles. The first-order valence-corrected chi connectivity index (χ1v) is 8.33. The standard InChI is InChI=1S/C9H20N2O2.C3H11NOSi/c1-2-5-10-7-8-11-6-3-4-9(12)13;1-3-5-6-4-2/h10-11H,2-8H2,1H3,(H,12,13);4H,3,6H2,1-2H3. The van der Waals surface area contributed by atoms with Gasteiger partial charge in [-0.25, -0.2) is 0 Å². The third-order valence-electron chi connectivity index (χ3n) is 2.10. The Morgan fingerprint density at radius 3 is 2.21 bits per heavy atom. The maximum absolute atomic E-state index is 10.1. The Hall–Kier alpha value is -0.473. The Labute approximate surface area is 119 Å². The van der Waals surface area contributed by atoms with Crippen LogP contribution in [0.25, 0.3) is 0 Å². The number of aliphatic carboxylic acids is 1. The van der Waals surface area contributed by atoms with Crippen LogP contribution in [-0.2, 0) is 9.22 Å². The molecule has 116 valence electrons. The van der Waals surface area contributed by atoms with Crippen molar-refractivity contribution in [1.29, 1.82) is 0 Å². The molecule has 0 aromatic heterocycles. The molecule has 0 unspecified atom stereocenters. The first kappa shape index (κ1) is 20.8. The summed E-state index contributed by atoms with van der Waals surface area (Å²) in [6.07, 6.45) is 2.12. The molecule has 0 aromatic carbocycles. The molecule has 0 aliphatic carbocycles. The van der Waals surface area contributed by atoms with Crippen molar-refractivity contribution in [2.24, 2.45) is 0 Å². The molecule has 0 saturated carbocycles. The van der Waals surface area contributed by atoms with Gasteiger partial charge in [-0.2, -0.15) is 0 Å². The second-order valence-electron chi connectivity index (χ2n) is 3.99. The van der Waals surface area contributed by atoms with Gasteiger partial charge in [-0.3, -0.25) is 4.79 Å². The van der Waals surface area contributed by atoms with Crippen LogP contribution < -0.4 is 15.6 Å². The predicted octanol–water partition coefficient (Wildman–Crippen LogP) is -0.318. The van der Waals surface area contributed by atoms with Crippen molar-refractivity contribution in [3.63, 3.8) is 0 Å². The maximum atomic E-state index is 10.1. The number of hydrogen-bond acceptors (Lipinski definition) is 5. The van der Waals surface area contributed by atoms with Crippen LogP contribution in [0.5, 0.6) is 0 Å². The Morgan fingerprint density at radius 1 is 1.16 bits per heavy atom. The fourth-order valence-electron chi connectivity index (χ4n) is 1.17. The van der Waals surface area contributed by atoms with Crippen LogP contribution in [0.15, 0.2) is 0 Å². The number of hydrogen-bond donors (Lipinski definition) is 4. The van der Waals surface area contributed by atoms with E-state index in [1.165, 1.54) is 0 Å². The molecule has 0 spiro atoms. The van der Waals surface area contributed by atoms with Gasteiger partial charge < -0.3 is 25.1 Å². The second-order valence-corrected chi connectivity index (χ2v) is 5.39. The first-order valence-electron chi connectivity index (χ1n) is 7.04. The van der Waals surface area contributed by atoms with Crippen LogP contribution >= 0.6 is 0 Å². The fourth-order valence-corrected chi connectivity index (χ4v) is 1.58. The molecule has 0 amide bonds. The van der Waals surface area contributed by atoms with E-state index in [9.17, 15) is 4.79 Å². The minimum Gasteiger partial charge on any atom is -0.481 e. The average molecular weight is 293 g/mol. The summed E-state index contributed by atoms with van der Waals surface area (Å²) < 4.78 is 5.01. The van der Waals surface area contributed by atoms with Gasteiger partial charge in [-0.1, -0.05) is 6.92 Å². The summed E-state index contributed by atoms with van der Waals surface area (Å²) in [6.45, 7) is 8.71. The highest BCUT2D eigenvalue weighted by molar-refractivity contribution is 6.23. The monoisotopic (exact) mass is 293 g/mol. The summed E-state index contributed by atoms with van der Waals surface area (Å²) in [4.78, 5) is 13.1. The van der Waals surface area contributed by atoms with Crippen molar-refractivity contribution in [3.8, 4) is 0 Å². The summed E-state index contributed by atoms with van der Waals surface area (Å²) in [5, 5.41) is 14.8. The van der Waals surface area contributed by atoms with Gasteiger partial charge in [0, 0.05) is 26.1 Å². The van der Waals surface area contributed by atoms with Gasteiger partial charge in [0.15, 0.2) is 0 Å². The first-order chi connectivity index (χ1) is 9.18. The van der Waals surface area contributed by atoms with Crippen molar-refractivity contribution in [3.05, 3.63) is 0 Å². The normalized spacial score (nSPS) is 10.5. The minimum atomic E-state index is -0.717. The van der Waals surface area contributed by atoms with Crippen molar-refractivity contribution in [2.75, 3.05) is 39.8 Å². The van der Waals surface area contributed by atoms with Crippen LogP contribution in [0.3, 0.4) is 0 Å². The van der Waals surface area contributed by atoms with Crippen molar-refractivity contribution >= 4 is 15.9 Å². The third-order valence-corrected chi connectivity index (χ3v) is 3.00. The molecule has 0 aliphatic heterocycles. The predicted molar refractivity (Wildman–Crippen MR) is 82.1 cm³/mol. The maximum Gasteiger partial charge on any atom is 0.303 e. The van der Waals surface area contributed by atoms with E-state index in [0.29, 0.717) is 6.42 Å². The Morgan fingerprint density at radius 2 is 1.79 bits per heavy atom. The molecular formula is C12H31N3O3Si. The molecule has 19 heavy (non-hydrogen) atoms. The molecule has 0 aromatic rings. The molecule has 0 atom stereocenters. The van der Waals surface area contributed by atoms with Crippen LogP contribution in [0, 0.1) is 0 Å². The summed E-state index contributed by atoms with van der Waals surface area (Å²) in [6, 6.07) is 0. The van der Waals surface area contributed by atoms with Gasteiger partial charge in [0.05, 0.1) is 0 Å². The second kappa shape index (κ2) is 19.9. The molecule has 4 N–H and O–H groups in total. The number of carbonyl (C=O) groups is 1. The highest BCUT2D eigenvalue weighted by Crippen LogP contribution is 1.84. The van der Waals surface area contributed by atoms with Crippen molar-refractivity contribution in [1.82, 2.24) is 15.6 Å². The topological polar surface area (TPSA) is 82.6 Å². The van der Waals surface area contributed by atoms with Gasteiger partial charge in [-0.15, -0.1) is 0 Å². The Bertz CT molecular complexity index is 182. The van der Waals surface area contributed by atoms with E-state index in [2.05, 4.69) is 22.5 Å². The number of nitrogens with one attached hydrogen (secondary N) is 3. The molecule has 0 aliphatic rings. The van der Waals surface area contributed by atoms with Crippen LogP contribution in [0.2, 0.25) is 0 Å². The molecule has 0 rings (SSSR count). The number of carboxylic acids is 1. The van der Waals surface area contributed by atoms with Crippen LogP contribution in [0.4, 0.5) is 0 Å². The summed E-state index contributed by atoms with van der Waals surface area (Å²) in [5.41, 5.74) is 0. The fraction of sp³-hybridized carbons (Fsp3) is 0.917. The van der Waals surface area contributed by atoms with E-state index in [1.807, 2.05) is 14.0 Å². The highest BCUT2D eigenvalue weighted by atomic mass is 28.2. The van der Waals surface area contributed by atoms with Gasteiger partial charge in [0.2, 0.25) is 9.92 Å². The summed E-state index contributed by atoms with van der Waals surface area (Å²) in [7, 11) is 1.59. The van der Waals surface area contributed by atoms with Crippen molar-refractivity contribution in [2.45, 2.75) is 33.1 Å². The van der Waals surface area contributed by atoms with Crippen LogP contribution in [-0.4, -0.2) is 60.8 Å². The molecular weight excluding hydrogens is 262 g/mol. The highest BCUT2D eigenvalue weighted by Gasteiger charge is 1.94. The SMILES string of the molecule is CCCNCCNCCCC(=O)O.CCO[SiH2]NC. The summed E-state index contributed by atoms with van der Waals surface area (Å²) in [5.74, 6) is -0.717. The Balaban J connectivity index is 0. The zero-order chi connectivity index (χ0) is 14.8. The summed E-state index contributed by atoms with van der Waals surface area (Å²) >= 11 is 0. The van der Waals surface area contributed by atoms with E-state index >= 15 is 0 Å². The van der Waals surface area contributed by atoms with E-state index in [4.69, 9.17) is 9.53 Å². The van der Waals surface area contributed by atoms with E-state index < -0.39 is 5.97 Å². The lowest BCUT2D eigenvalue weighted by molar-refractivity contribution is -0.137. The largest absolute Gasteiger partial charge is 0.481 e. The molecule has 0 radical (unpaired) electrons. The molecule has 6 nitrogen and oxygen atoms in total. The van der Waals surface area contributed by atoms with Crippen molar-refractivity contribution < 1.29 is 14.3 Å². The zero-order valence-corrected chi connectivity index (χ0v) is 14.0. The molecule has 0 bridgehead atoms. The smallest absolute Gasteiger partial charge is 0.303 e. The van der Waals surface area contributed by atoms with E-state index in [0.717, 1.165) is 39.2 Å². The lowest BCUT2D eigenvalue weighted by Gasteiger charge is -2.04. The van der Waals surface area contributed by atoms with E-state index in [-0.39, 0.29) is 16.3 Å².